The van der Waals surface area contributed by atoms with Gasteiger partial charge < -0.3 is 11.1 Å². The maximum Gasteiger partial charge on any atom is 0.237 e. The molecule has 76 valence electrons. The van der Waals surface area contributed by atoms with Gasteiger partial charge in [-0.25, -0.2) is 0 Å². The summed E-state index contributed by atoms with van der Waals surface area (Å²) in [6, 6.07) is 0.470. The molecule has 1 saturated carbocycles. The summed E-state index contributed by atoms with van der Waals surface area (Å²) in [7, 11) is 0. The lowest BCUT2D eigenvalue weighted by Gasteiger charge is -2.26. The van der Waals surface area contributed by atoms with E-state index in [1.54, 1.807) is 0 Å². The number of rotatable bonds is 3. The highest BCUT2D eigenvalue weighted by Gasteiger charge is 2.30. The zero-order valence-electron chi connectivity index (χ0n) is 8.76. The maximum absolute atomic E-state index is 11.1. The van der Waals surface area contributed by atoms with Crippen molar-refractivity contribution < 1.29 is 4.79 Å². The zero-order chi connectivity index (χ0) is 10.1. The summed E-state index contributed by atoms with van der Waals surface area (Å²) in [6.45, 7) is 5.94. The molecule has 2 unspecified atom stereocenters. The van der Waals surface area contributed by atoms with Crippen LogP contribution in [0.15, 0.2) is 0 Å². The predicted molar refractivity (Wildman–Crippen MR) is 53.2 cm³/mol. The minimum absolute atomic E-state index is 0.271. The highest BCUT2D eigenvalue weighted by molar-refractivity contribution is 5.83. The molecule has 1 fully saturated rings. The molecule has 0 aromatic rings. The Morgan fingerprint density at radius 1 is 1.46 bits per heavy atom. The van der Waals surface area contributed by atoms with Crippen LogP contribution >= 0.6 is 0 Å². The third kappa shape index (κ3) is 2.69. The first-order chi connectivity index (χ1) is 5.92. The average Bonchev–Trinajstić information content (AvgIpc) is 2.34. The molecule has 0 aromatic carbocycles. The van der Waals surface area contributed by atoms with E-state index in [-0.39, 0.29) is 5.91 Å². The van der Waals surface area contributed by atoms with Crippen molar-refractivity contribution in [3.8, 4) is 0 Å². The molecule has 1 aliphatic rings. The minimum atomic E-state index is -0.561. The first-order valence-electron chi connectivity index (χ1n) is 4.99. The number of carbonyl (C=O) groups excluding carboxylic acids is 1. The second kappa shape index (κ2) is 3.66. The van der Waals surface area contributed by atoms with E-state index >= 15 is 0 Å². The highest BCUT2D eigenvalue weighted by Crippen LogP contribution is 2.26. The first-order valence-corrected chi connectivity index (χ1v) is 4.99. The van der Waals surface area contributed by atoms with Crippen LogP contribution < -0.4 is 11.1 Å². The lowest BCUT2D eigenvalue weighted by Crippen LogP contribution is -2.53. The van der Waals surface area contributed by atoms with E-state index in [2.05, 4.69) is 12.2 Å². The summed E-state index contributed by atoms with van der Waals surface area (Å²) in [5.41, 5.74) is 4.72. The zero-order valence-corrected chi connectivity index (χ0v) is 8.76. The summed E-state index contributed by atoms with van der Waals surface area (Å²) >= 11 is 0. The summed E-state index contributed by atoms with van der Waals surface area (Å²) in [5, 5.41) is 3.31. The molecule has 2 atom stereocenters. The molecular weight excluding hydrogens is 164 g/mol. The number of hydrogen-bond donors (Lipinski definition) is 2. The van der Waals surface area contributed by atoms with E-state index in [9.17, 15) is 4.79 Å². The molecule has 1 rings (SSSR count). The number of nitrogens with two attached hydrogens (primary N) is 1. The van der Waals surface area contributed by atoms with Gasteiger partial charge in [0.2, 0.25) is 5.91 Å². The lowest BCUT2D eigenvalue weighted by molar-refractivity contribution is -0.123. The summed E-state index contributed by atoms with van der Waals surface area (Å²) < 4.78 is 0. The van der Waals surface area contributed by atoms with Gasteiger partial charge in [-0.05, 0) is 39.0 Å². The van der Waals surface area contributed by atoms with Crippen LogP contribution in [0.3, 0.4) is 0 Å². The van der Waals surface area contributed by atoms with Crippen LogP contribution in [0.25, 0.3) is 0 Å². The molecule has 0 aliphatic heterocycles. The van der Waals surface area contributed by atoms with Crippen molar-refractivity contribution in [2.24, 2.45) is 11.7 Å². The van der Waals surface area contributed by atoms with Gasteiger partial charge in [-0.3, -0.25) is 4.79 Å². The molecule has 3 heteroatoms. The Bertz CT molecular complexity index is 201. The quantitative estimate of drug-likeness (QED) is 0.688. The number of amides is 1. The molecule has 3 nitrogen and oxygen atoms in total. The van der Waals surface area contributed by atoms with Gasteiger partial charge in [-0.15, -0.1) is 0 Å². The average molecular weight is 184 g/mol. The summed E-state index contributed by atoms with van der Waals surface area (Å²) in [6.07, 6.45) is 3.58. The van der Waals surface area contributed by atoms with Crippen LogP contribution in [0.5, 0.6) is 0 Å². The molecule has 3 N–H and O–H groups in total. The van der Waals surface area contributed by atoms with Crippen molar-refractivity contribution in [2.75, 3.05) is 0 Å². The highest BCUT2D eigenvalue weighted by atomic mass is 16.1. The standard InChI is InChI=1S/C10H20N2O/c1-7-4-5-8(6-7)12-10(2,3)9(11)13/h7-8,12H,4-6H2,1-3H3,(H2,11,13). The molecule has 0 saturated heterocycles. The van der Waals surface area contributed by atoms with E-state index in [0.29, 0.717) is 6.04 Å². The number of nitrogens with one attached hydrogen (secondary N) is 1. The molecule has 0 spiro atoms. The van der Waals surface area contributed by atoms with Crippen molar-refractivity contribution in [3.05, 3.63) is 0 Å². The van der Waals surface area contributed by atoms with Gasteiger partial charge in [-0.2, -0.15) is 0 Å². The smallest absolute Gasteiger partial charge is 0.237 e. The molecule has 13 heavy (non-hydrogen) atoms. The molecule has 1 amide bonds. The third-order valence-electron chi connectivity index (χ3n) is 2.88. The van der Waals surface area contributed by atoms with Crippen LogP contribution in [-0.2, 0) is 4.79 Å². The van der Waals surface area contributed by atoms with E-state index in [0.717, 1.165) is 18.8 Å². The second-order valence-corrected chi connectivity index (χ2v) is 4.75. The first kappa shape index (κ1) is 10.5. The van der Waals surface area contributed by atoms with Gasteiger partial charge >= 0.3 is 0 Å². The topological polar surface area (TPSA) is 55.1 Å². The van der Waals surface area contributed by atoms with Gasteiger partial charge in [0.1, 0.15) is 0 Å². The molecule has 1 aliphatic carbocycles. The molecule has 0 radical (unpaired) electrons. The predicted octanol–water partition coefficient (Wildman–Crippen LogP) is 1.03. The lowest BCUT2D eigenvalue weighted by atomic mass is 10.0. The maximum atomic E-state index is 11.1. The van der Waals surface area contributed by atoms with Crippen LogP contribution in [-0.4, -0.2) is 17.5 Å². The Morgan fingerprint density at radius 2 is 2.08 bits per heavy atom. The number of carbonyl (C=O) groups is 1. The van der Waals surface area contributed by atoms with Gasteiger partial charge in [-0.1, -0.05) is 6.92 Å². The number of hydrogen-bond acceptors (Lipinski definition) is 2. The fourth-order valence-electron chi connectivity index (χ4n) is 1.92. The Morgan fingerprint density at radius 3 is 2.46 bits per heavy atom. The van der Waals surface area contributed by atoms with Crippen LogP contribution in [0.4, 0.5) is 0 Å². The van der Waals surface area contributed by atoms with E-state index in [1.807, 2.05) is 13.8 Å². The fraction of sp³-hybridized carbons (Fsp3) is 0.900. The largest absolute Gasteiger partial charge is 0.368 e. The monoisotopic (exact) mass is 184 g/mol. The van der Waals surface area contributed by atoms with Gasteiger partial charge in [0.25, 0.3) is 0 Å². The minimum Gasteiger partial charge on any atom is -0.368 e. The molecular formula is C10H20N2O. The fourth-order valence-corrected chi connectivity index (χ4v) is 1.92. The van der Waals surface area contributed by atoms with Gasteiger partial charge in [0, 0.05) is 6.04 Å². The molecule has 0 aromatic heterocycles. The summed E-state index contributed by atoms with van der Waals surface area (Å²) in [5.74, 6) is 0.508. The van der Waals surface area contributed by atoms with E-state index in [1.165, 1.54) is 6.42 Å². The van der Waals surface area contributed by atoms with Crippen LogP contribution in [0.2, 0.25) is 0 Å². The Labute approximate surface area is 80.1 Å². The number of primary amides is 1. The summed E-state index contributed by atoms with van der Waals surface area (Å²) in [4.78, 5) is 11.1. The Balaban J connectivity index is 2.44. The van der Waals surface area contributed by atoms with Crippen LogP contribution in [0, 0.1) is 5.92 Å². The van der Waals surface area contributed by atoms with Crippen molar-refractivity contribution in [2.45, 2.75) is 51.6 Å². The van der Waals surface area contributed by atoms with Crippen molar-refractivity contribution in [1.82, 2.24) is 5.32 Å². The SMILES string of the molecule is CC1CCC(NC(C)(C)C(N)=O)C1. The normalized spacial score (nSPS) is 29.2. The van der Waals surface area contributed by atoms with E-state index in [4.69, 9.17) is 5.73 Å². The van der Waals surface area contributed by atoms with Crippen molar-refractivity contribution in [1.29, 1.82) is 0 Å². The van der Waals surface area contributed by atoms with Crippen LogP contribution in [0.1, 0.15) is 40.0 Å². The van der Waals surface area contributed by atoms with Gasteiger partial charge in [0.15, 0.2) is 0 Å². The van der Waals surface area contributed by atoms with Crippen molar-refractivity contribution in [3.63, 3.8) is 0 Å². The van der Waals surface area contributed by atoms with E-state index < -0.39 is 5.54 Å². The molecule has 0 bridgehead atoms. The van der Waals surface area contributed by atoms with Gasteiger partial charge in [0.05, 0.1) is 5.54 Å². The Kier molecular flexibility index (Phi) is 2.96. The Hall–Kier alpha value is -0.570. The molecule has 0 heterocycles. The second-order valence-electron chi connectivity index (χ2n) is 4.75. The third-order valence-corrected chi connectivity index (χ3v) is 2.88. The van der Waals surface area contributed by atoms with Crippen molar-refractivity contribution >= 4 is 5.91 Å².